The topological polar surface area (TPSA) is 85.2 Å². The molecule has 1 aliphatic heterocycles. The highest BCUT2D eigenvalue weighted by atomic mass is 35.5. The molecule has 0 fully saturated rings. The minimum Gasteiger partial charge on any atom is -0.493 e. The van der Waals surface area contributed by atoms with E-state index in [4.69, 9.17) is 21.1 Å². The van der Waals surface area contributed by atoms with Gasteiger partial charge in [0.25, 0.3) is 0 Å². The van der Waals surface area contributed by atoms with Crippen molar-refractivity contribution in [1.29, 1.82) is 0 Å². The summed E-state index contributed by atoms with van der Waals surface area (Å²) in [6.07, 6.45) is 6.21. The smallest absolute Gasteiger partial charge is 0.335 e. The van der Waals surface area contributed by atoms with E-state index in [0.717, 1.165) is 23.1 Å². The molecule has 1 unspecified atom stereocenters. The summed E-state index contributed by atoms with van der Waals surface area (Å²) in [5.74, 6) is 0.0338. The second-order valence-electron chi connectivity index (χ2n) is 9.88. The first-order valence-electron chi connectivity index (χ1n) is 13.0. The molecule has 1 aliphatic rings. The van der Waals surface area contributed by atoms with Crippen LogP contribution in [-0.2, 0) is 6.42 Å². The van der Waals surface area contributed by atoms with Gasteiger partial charge in [-0.25, -0.2) is 4.79 Å². The fourth-order valence-corrected chi connectivity index (χ4v) is 4.83. The number of nitrogens with zero attached hydrogens (tertiary/aromatic N) is 1. The number of carbonyl (C=O) groups excluding carboxylic acids is 1. The van der Waals surface area contributed by atoms with Crippen LogP contribution >= 0.6 is 11.6 Å². The van der Waals surface area contributed by atoms with E-state index in [0.29, 0.717) is 34.3 Å². The third kappa shape index (κ3) is 6.23. The first kappa shape index (κ1) is 28.1. The molecule has 0 aromatic heterocycles. The van der Waals surface area contributed by atoms with Crippen molar-refractivity contribution in [3.05, 3.63) is 94.0 Å². The van der Waals surface area contributed by atoms with Gasteiger partial charge in [-0.1, -0.05) is 36.7 Å². The molecule has 0 saturated carbocycles. The van der Waals surface area contributed by atoms with E-state index in [1.54, 1.807) is 55.6 Å². The Morgan fingerprint density at radius 2 is 1.77 bits per heavy atom. The Balaban J connectivity index is 1.75. The number of aryl methyl sites for hydroxylation is 1. The van der Waals surface area contributed by atoms with Crippen LogP contribution in [0, 0.1) is 6.92 Å². The predicted octanol–water partition coefficient (Wildman–Crippen LogP) is 7.39. The molecule has 0 bridgehead atoms. The van der Waals surface area contributed by atoms with Gasteiger partial charge in [-0.15, -0.1) is 0 Å². The summed E-state index contributed by atoms with van der Waals surface area (Å²) >= 11 is 6.56. The number of rotatable bonds is 11. The van der Waals surface area contributed by atoms with Crippen molar-refractivity contribution in [3.8, 4) is 22.6 Å². The number of carboxylic acids is 1. The molecule has 1 N–H and O–H groups in total. The monoisotopic (exact) mass is 545 g/mol. The molecule has 0 amide bonds. The lowest BCUT2D eigenvalue weighted by molar-refractivity contribution is 0.0696. The van der Waals surface area contributed by atoms with Crippen LogP contribution in [0.3, 0.4) is 0 Å². The molecule has 0 saturated heterocycles. The number of ether oxygens (including phenoxy) is 2. The minimum absolute atomic E-state index is 0.0229. The zero-order chi connectivity index (χ0) is 28.2. The van der Waals surface area contributed by atoms with Crippen LogP contribution in [0.15, 0.2) is 71.7 Å². The zero-order valence-electron chi connectivity index (χ0n) is 22.5. The Labute approximate surface area is 234 Å². The van der Waals surface area contributed by atoms with E-state index < -0.39 is 11.5 Å². The molecule has 3 aromatic carbocycles. The molecule has 1 atom stereocenters. The third-order valence-corrected chi connectivity index (χ3v) is 6.81. The van der Waals surface area contributed by atoms with Gasteiger partial charge >= 0.3 is 5.97 Å². The number of aromatic carboxylic acids is 1. The molecule has 6 nitrogen and oxygen atoms in total. The fraction of sp³-hybridized carbons (Fsp3) is 0.281. The maximum atomic E-state index is 14.0. The number of allylic oxidation sites excluding steroid dienone is 1. The van der Waals surface area contributed by atoms with Crippen LogP contribution in [-0.4, -0.2) is 41.3 Å². The van der Waals surface area contributed by atoms with Crippen LogP contribution in [0.25, 0.3) is 11.1 Å². The summed E-state index contributed by atoms with van der Waals surface area (Å²) in [6.45, 7) is 8.16. The molecular formula is C32H32ClNO5. The highest BCUT2D eigenvalue weighted by molar-refractivity contribution is 6.34. The van der Waals surface area contributed by atoms with Crippen molar-refractivity contribution in [3.63, 3.8) is 0 Å². The number of Topliss-reactive ketones (excluding diaryl/α,β-unsaturated/α-hetero) is 1. The van der Waals surface area contributed by atoms with E-state index >= 15 is 0 Å². The van der Waals surface area contributed by atoms with Gasteiger partial charge in [0.1, 0.15) is 17.0 Å². The molecule has 7 heteroatoms. The number of ketones is 1. The van der Waals surface area contributed by atoms with Crippen molar-refractivity contribution in [1.82, 2.24) is 0 Å². The predicted molar refractivity (Wildman–Crippen MR) is 155 cm³/mol. The molecule has 4 rings (SSSR count). The van der Waals surface area contributed by atoms with E-state index in [2.05, 4.69) is 4.99 Å². The van der Waals surface area contributed by atoms with E-state index in [1.165, 1.54) is 0 Å². The number of carboxylic acid groups (broad SMARTS) is 1. The van der Waals surface area contributed by atoms with Gasteiger partial charge in [0, 0.05) is 18.2 Å². The normalized spacial score (nSPS) is 16.1. The first-order valence-corrected chi connectivity index (χ1v) is 13.4. The number of benzene rings is 3. The standard InChI is InChI=1S/C32H32ClNO5/c1-5-15-38-29-12-9-22(23-8-7-21(4)27(17-23)31(36)37)16-24(29)19-32(13-6-14-34-32)30(35)26-11-10-25(18-28(26)33)39-20(2)3/h6-14,16-18,20H,5,15,19H2,1-4H3,(H,36,37). The largest absolute Gasteiger partial charge is 0.493 e. The highest BCUT2D eigenvalue weighted by Gasteiger charge is 2.39. The molecule has 202 valence electrons. The molecule has 3 aromatic rings. The van der Waals surface area contributed by atoms with Crippen molar-refractivity contribution in [2.75, 3.05) is 6.61 Å². The number of hydrogen-bond acceptors (Lipinski definition) is 5. The SMILES string of the molecule is CCCOc1ccc(-c2ccc(C)c(C(=O)O)c2)cc1CC1(C(=O)c2ccc(OC(C)C)cc2Cl)C=CC=N1. The van der Waals surface area contributed by atoms with Gasteiger partial charge < -0.3 is 14.6 Å². The maximum absolute atomic E-state index is 14.0. The van der Waals surface area contributed by atoms with Crippen molar-refractivity contribution in [2.24, 2.45) is 4.99 Å². The number of aliphatic imine (C=N–C) groups is 1. The average Bonchev–Trinajstić information content (AvgIpc) is 3.37. The van der Waals surface area contributed by atoms with E-state index in [1.807, 2.05) is 45.0 Å². The average molecular weight is 546 g/mol. The maximum Gasteiger partial charge on any atom is 0.335 e. The van der Waals surface area contributed by atoms with Crippen LogP contribution < -0.4 is 9.47 Å². The Morgan fingerprint density at radius 1 is 1.03 bits per heavy atom. The van der Waals surface area contributed by atoms with Crippen molar-refractivity contribution < 1.29 is 24.2 Å². The number of hydrogen-bond donors (Lipinski definition) is 1. The molecule has 0 spiro atoms. The Kier molecular flexibility index (Phi) is 8.56. The lowest BCUT2D eigenvalue weighted by Crippen LogP contribution is -2.36. The fourth-order valence-electron chi connectivity index (χ4n) is 4.57. The lowest BCUT2D eigenvalue weighted by Gasteiger charge is -2.25. The Hall–Kier alpha value is -3.90. The zero-order valence-corrected chi connectivity index (χ0v) is 23.3. The third-order valence-electron chi connectivity index (χ3n) is 6.50. The van der Waals surface area contributed by atoms with Gasteiger partial charge in [0.05, 0.1) is 23.3 Å². The van der Waals surface area contributed by atoms with Gasteiger partial charge in [0.2, 0.25) is 0 Å². The second kappa shape index (κ2) is 11.9. The molecule has 39 heavy (non-hydrogen) atoms. The van der Waals surface area contributed by atoms with E-state index in [9.17, 15) is 14.7 Å². The summed E-state index contributed by atoms with van der Waals surface area (Å²) in [6, 6.07) is 16.1. The van der Waals surface area contributed by atoms with Crippen LogP contribution in [0.4, 0.5) is 0 Å². The summed E-state index contributed by atoms with van der Waals surface area (Å²) in [4.78, 5) is 30.3. The minimum atomic E-state index is -1.20. The van der Waals surface area contributed by atoms with Crippen LogP contribution in [0.1, 0.15) is 59.0 Å². The summed E-state index contributed by atoms with van der Waals surface area (Å²) in [5, 5.41) is 9.90. The summed E-state index contributed by atoms with van der Waals surface area (Å²) in [7, 11) is 0. The van der Waals surface area contributed by atoms with Gasteiger partial charge in [-0.2, -0.15) is 0 Å². The van der Waals surface area contributed by atoms with Crippen molar-refractivity contribution >= 4 is 29.6 Å². The number of halogens is 1. The Bertz CT molecular complexity index is 1440. The van der Waals surface area contributed by atoms with Crippen LogP contribution in [0.2, 0.25) is 5.02 Å². The molecular weight excluding hydrogens is 514 g/mol. The van der Waals surface area contributed by atoms with Gasteiger partial charge in [0.15, 0.2) is 5.78 Å². The summed E-state index contributed by atoms with van der Waals surface area (Å²) < 4.78 is 11.8. The van der Waals surface area contributed by atoms with Crippen LogP contribution in [0.5, 0.6) is 11.5 Å². The molecule has 0 aliphatic carbocycles. The van der Waals surface area contributed by atoms with Crippen molar-refractivity contribution in [2.45, 2.75) is 52.2 Å². The highest BCUT2D eigenvalue weighted by Crippen LogP contribution is 2.36. The quantitative estimate of drug-likeness (QED) is 0.254. The molecule has 1 heterocycles. The van der Waals surface area contributed by atoms with Gasteiger partial charge in [-0.05, 0) is 98.0 Å². The lowest BCUT2D eigenvalue weighted by atomic mass is 9.83. The van der Waals surface area contributed by atoms with E-state index in [-0.39, 0.29) is 23.9 Å². The van der Waals surface area contributed by atoms with Gasteiger partial charge in [-0.3, -0.25) is 9.79 Å². The summed E-state index contributed by atoms with van der Waals surface area (Å²) in [5.41, 5.74) is 2.45. The number of carbonyl (C=O) groups is 2. The Morgan fingerprint density at radius 3 is 2.41 bits per heavy atom. The second-order valence-corrected chi connectivity index (χ2v) is 10.3. The molecule has 0 radical (unpaired) electrons. The first-order chi connectivity index (χ1) is 18.6.